The van der Waals surface area contributed by atoms with E-state index in [1.54, 1.807) is 24.3 Å². The molecule has 0 fully saturated rings. The van der Waals surface area contributed by atoms with E-state index < -0.39 is 21.2 Å². The third kappa shape index (κ3) is 9.97. The fourth-order valence-corrected chi connectivity index (χ4v) is 6.04. The highest BCUT2D eigenvalue weighted by Gasteiger charge is 2.12. The molecule has 0 amide bonds. The molecular weight excluding hydrogens is 661 g/mol. The maximum absolute atomic E-state index is 11.5. The van der Waals surface area contributed by atoms with E-state index in [-0.39, 0.29) is 4.90 Å². The zero-order valence-electron chi connectivity index (χ0n) is 27.0. The molecule has 1 unspecified atom stereocenters. The van der Waals surface area contributed by atoms with Crippen LogP contribution in [0.2, 0.25) is 0 Å². The van der Waals surface area contributed by atoms with Crippen molar-refractivity contribution in [1.29, 1.82) is 0 Å². The summed E-state index contributed by atoms with van der Waals surface area (Å²) in [4.78, 5) is 4.51. The third-order valence-electron chi connectivity index (χ3n) is 7.65. The zero-order valence-corrected chi connectivity index (χ0v) is 28.6. The van der Waals surface area contributed by atoms with Crippen LogP contribution < -0.4 is 9.80 Å². The molecule has 0 aromatic heterocycles. The highest BCUT2D eigenvalue weighted by Crippen LogP contribution is 2.27. The number of hydrogen-bond acceptors (Lipinski definition) is 9. The van der Waals surface area contributed by atoms with E-state index in [0.717, 1.165) is 29.0 Å². The van der Waals surface area contributed by atoms with Crippen molar-refractivity contribution in [1.82, 2.24) is 0 Å². The third-order valence-corrected chi connectivity index (χ3v) is 9.15. The molecule has 1 atom stereocenters. The number of rotatable bonds is 14. The summed E-state index contributed by atoms with van der Waals surface area (Å²) in [5.41, 5.74) is 6.38. The summed E-state index contributed by atoms with van der Waals surface area (Å²) in [6, 6.07) is 36.0. The zero-order chi connectivity index (χ0) is 34.8. The summed E-state index contributed by atoms with van der Waals surface area (Å²) in [5, 5.41) is 17.4. The van der Waals surface area contributed by atoms with Crippen molar-refractivity contribution < 1.29 is 21.7 Å². The van der Waals surface area contributed by atoms with Crippen LogP contribution in [0, 0.1) is 0 Å². The lowest BCUT2D eigenvalue weighted by molar-refractivity contribution is 0.483. The second-order valence-electron chi connectivity index (χ2n) is 11.0. The van der Waals surface area contributed by atoms with E-state index in [1.165, 1.54) is 12.1 Å². The van der Waals surface area contributed by atoms with Crippen LogP contribution >= 0.6 is 0 Å². The van der Waals surface area contributed by atoms with Gasteiger partial charge in [-0.25, -0.2) is 4.21 Å². The number of anilines is 2. The minimum atomic E-state index is -4.26. The maximum atomic E-state index is 11.5. The SMILES string of the molecule is CCN(Cc1cccc(S(=O)O)c1)c1ccc(N=Nc2ccc(N=Nc3ccc(N(CC)Cc4cccc(S(=O)(=O)O)c4)cc3)cc2)cc1. The fourth-order valence-electron chi connectivity index (χ4n) is 5.05. The normalized spacial score (nSPS) is 12.4. The second kappa shape index (κ2) is 16.3. The van der Waals surface area contributed by atoms with Gasteiger partial charge >= 0.3 is 0 Å². The standard InChI is InChI=1S/C36H36N6O5S2/c1-3-41(25-27-7-5-9-35(23-27)48(43)44)33-19-15-31(16-20-33)39-37-29-11-13-30(14-12-29)38-40-32-17-21-34(22-18-32)42(4-2)26-28-8-6-10-36(24-28)49(45,46)47/h5-24H,3-4,25-26H2,1-2H3,(H,43,44)(H,45,46,47). The number of benzene rings is 5. The molecular formula is C36H36N6O5S2. The van der Waals surface area contributed by atoms with Crippen molar-refractivity contribution in [3.63, 3.8) is 0 Å². The number of hydrogen-bond donors (Lipinski definition) is 2. The van der Waals surface area contributed by atoms with Crippen LogP contribution in [0.4, 0.5) is 34.1 Å². The minimum Gasteiger partial charge on any atom is -0.367 e. The van der Waals surface area contributed by atoms with Gasteiger partial charge in [0.25, 0.3) is 10.1 Å². The van der Waals surface area contributed by atoms with Gasteiger partial charge in [-0.2, -0.15) is 28.9 Å². The first-order chi connectivity index (χ1) is 23.6. The first-order valence-corrected chi connectivity index (χ1v) is 18.1. The molecule has 49 heavy (non-hydrogen) atoms. The summed E-state index contributed by atoms with van der Waals surface area (Å²) in [6.07, 6.45) is 0. The quantitative estimate of drug-likeness (QED) is 0.0668. The van der Waals surface area contributed by atoms with Gasteiger partial charge in [-0.1, -0.05) is 24.3 Å². The molecule has 0 saturated carbocycles. The highest BCUT2D eigenvalue weighted by atomic mass is 32.2. The van der Waals surface area contributed by atoms with Crippen LogP contribution in [0.25, 0.3) is 0 Å². The molecule has 5 aromatic rings. The van der Waals surface area contributed by atoms with Gasteiger partial charge in [0.1, 0.15) is 0 Å². The van der Waals surface area contributed by atoms with E-state index in [9.17, 15) is 21.7 Å². The topological polar surface area (TPSA) is 148 Å². The summed E-state index contributed by atoms with van der Waals surface area (Å²) >= 11 is -2.01. The number of azo groups is 2. The molecule has 252 valence electrons. The Bertz CT molecular complexity index is 2050. The number of nitrogens with zero attached hydrogens (tertiary/aromatic N) is 6. The predicted molar refractivity (Wildman–Crippen MR) is 193 cm³/mol. The maximum Gasteiger partial charge on any atom is 0.294 e. The van der Waals surface area contributed by atoms with Crippen molar-refractivity contribution in [2.45, 2.75) is 36.7 Å². The second-order valence-corrected chi connectivity index (χ2v) is 13.4. The Morgan fingerprint density at radius 3 is 1.37 bits per heavy atom. The van der Waals surface area contributed by atoms with Crippen molar-refractivity contribution in [3.8, 4) is 0 Å². The van der Waals surface area contributed by atoms with Crippen LogP contribution in [0.1, 0.15) is 25.0 Å². The first-order valence-electron chi connectivity index (χ1n) is 15.5. The van der Waals surface area contributed by atoms with E-state index >= 15 is 0 Å². The molecule has 0 heterocycles. The molecule has 0 aliphatic rings. The smallest absolute Gasteiger partial charge is 0.294 e. The van der Waals surface area contributed by atoms with Crippen molar-refractivity contribution in [2.75, 3.05) is 22.9 Å². The Hall–Kier alpha value is -5.08. The summed E-state index contributed by atoms with van der Waals surface area (Å²) in [6.45, 7) is 6.60. The molecule has 0 aliphatic carbocycles. The van der Waals surface area contributed by atoms with Crippen LogP contribution in [0.5, 0.6) is 0 Å². The van der Waals surface area contributed by atoms with Crippen LogP contribution in [0.15, 0.2) is 152 Å². The van der Waals surface area contributed by atoms with Gasteiger partial charge in [0.15, 0.2) is 11.1 Å². The molecule has 5 aromatic carbocycles. The Kier molecular flexibility index (Phi) is 11.8. The van der Waals surface area contributed by atoms with E-state index in [2.05, 4.69) is 37.2 Å². The molecule has 0 radical (unpaired) electrons. The molecule has 5 rings (SSSR count). The highest BCUT2D eigenvalue weighted by molar-refractivity contribution is 7.85. The monoisotopic (exact) mass is 696 g/mol. The van der Waals surface area contributed by atoms with Crippen molar-refractivity contribution in [2.24, 2.45) is 20.5 Å². The van der Waals surface area contributed by atoms with E-state index in [1.807, 2.05) is 91.9 Å². The summed E-state index contributed by atoms with van der Waals surface area (Å²) in [5.74, 6) is 0. The first kappa shape index (κ1) is 35.2. The molecule has 0 bridgehead atoms. The van der Waals surface area contributed by atoms with Gasteiger partial charge in [0, 0.05) is 37.6 Å². The fraction of sp³-hybridized carbons (Fsp3) is 0.167. The minimum absolute atomic E-state index is 0.126. The van der Waals surface area contributed by atoms with Crippen LogP contribution in [-0.2, 0) is 34.3 Å². The Morgan fingerprint density at radius 1 is 0.592 bits per heavy atom. The molecule has 0 spiro atoms. The lowest BCUT2D eigenvalue weighted by Crippen LogP contribution is -2.22. The van der Waals surface area contributed by atoms with Crippen LogP contribution in [-0.4, -0.2) is 34.8 Å². The molecule has 0 saturated heterocycles. The van der Waals surface area contributed by atoms with Gasteiger partial charge in [0.05, 0.1) is 32.5 Å². The van der Waals surface area contributed by atoms with Crippen LogP contribution in [0.3, 0.4) is 0 Å². The average Bonchev–Trinajstić information content (AvgIpc) is 3.12. The van der Waals surface area contributed by atoms with Gasteiger partial charge in [-0.05, 0) is 122 Å². The summed E-state index contributed by atoms with van der Waals surface area (Å²) in [7, 11) is -4.26. The largest absolute Gasteiger partial charge is 0.367 e. The Labute approximate surface area is 288 Å². The van der Waals surface area contributed by atoms with Gasteiger partial charge < -0.3 is 14.4 Å². The van der Waals surface area contributed by atoms with Crippen molar-refractivity contribution in [3.05, 3.63) is 132 Å². The van der Waals surface area contributed by atoms with Crippen molar-refractivity contribution >= 4 is 55.3 Å². The average molecular weight is 697 g/mol. The Morgan fingerprint density at radius 2 is 0.980 bits per heavy atom. The molecule has 2 N–H and O–H groups in total. The predicted octanol–water partition coefficient (Wildman–Crippen LogP) is 9.40. The van der Waals surface area contributed by atoms with Gasteiger partial charge in [-0.3, -0.25) is 4.55 Å². The summed E-state index contributed by atoms with van der Waals surface area (Å²) < 4.78 is 53.2. The van der Waals surface area contributed by atoms with Gasteiger partial charge in [0.2, 0.25) is 0 Å². The Balaban J connectivity index is 1.16. The van der Waals surface area contributed by atoms with Gasteiger partial charge in [-0.15, -0.1) is 0 Å². The molecule has 0 aliphatic heterocycles. The lowest BCUT2D eigenvalue weighted by Gasteiger charge is -2.23. The van der Waals surface area contributed by atoms with E-state index in [0.29, 0.717) is 47.3 Å². The molecule has 11 nitrogen and oxygen atoms in total. The lowest BCUT2D eigenvalue weighted by atomic mass is 10.2. The van der Waals surface area contributed by atoms with E-state index in [4.69, 9.17) is 0 Å². The molecule has 13 heteroatoms.